The van der Waals surface area contributed by atoms with Crippen LogP contribution in [0.5, 0.6) is 0 Å². The second-order valence-corrected chi connectivity index (χ2v) is 5.75. The van der Waals surface area contributed by atoms with Gasteiger partial charge in [-0.15, -0.1) is 0 Å². The van der Waals surface area contributed by atoms with E-state index in [1.54, 1.807) is 0 Å². The van der Waals surface area contributed by atoms with Crippen LogP contribution in [0.4, 0.5) is 0 Å². The first-order valence-corrected chi connectivity index (χ1v) is 7.46. The molecule has 2 rings (SSSR count). The highest BCUT2D eigenvalue weighted by Crippen LogP contribution is 2.33. The Bertz CT molecular complexity index is 224. The lowest BCUT2D eigenvalue weighted by Crippen LogP contribution is -2.38. The fraction of sp³-hybridized carbons (Fsp3) is 1.00. The zero-order valence-electron chi connectivity index (χ0n) is 11.6. The maximum atomic E-state index is 6.17. The molecule has 2 unspecified atom stereocenters. The molecule has 100 valence electrons. The molecule has 0 aromatic heterocycles. The van der Waals surface area contributed by atoms with Crippen LogP contribution in [-0.2, 0) is 0 Å². The average molecular weight is 239 g/mol. The molecule has 1 aliphatic carbocycles. The molecule has 1 saturated heterocycles. The molecular weight excluding hydrogens is 210 g/mol. The van der Waals surface area contributed by atoms with Gasteiger partial charge in [0.05, 0.1) is 0 Å². The Morgan fingerprint density at radius 2 is 1.94 bits per heavy atom. The Morgan fingerprint density at radius 3 is 2.53 bits per heavy atom. The summed E-state index contributed by atoms with van der Waals surface area (Å²) in [4.78, 5) is 5.21. The van der Waals surface area contributed by atoms with E-state index in [0.717, 1.165) is 12.0 Å². The average Bonchev–Trinajstić information content (AvgIpc) is 3.09. The van der Waals surface area contributed by atoms with E-state index >= 15 is 0 Å². The summed E-state index contributed by atoms with van der Waals surface area (Å²) < 4.78 is 0. The SMILES string of the molecule is CCN(CC)C1CCN(CCC(N)C2CC2)C1. The van der Waals surface area contributed by atoms with Crippen molar-refractivity contribution in [2.45, 2.75) is 51.6 Å². The molecule has 1 saturated carbocycles. The van der Waals surface area contributed by atoms with E-state index < -0.39 is 0 Å². The molecule has 2 aliphatic rings. The summed E-state index contributed by atoms with van der Waals surface area (Å²) in [5.41, 5.74) is 6.17. The molecule has 2 fully saturated rings. The van der Waals surface area contributed by atoms with Crippen molar-refractivity contribution in [3.63, 3.8) is 0 Å². The number of likely N-dealkylation sites (N-methyl/N-ethyl adjacent to an activating group) is 1. The first kappa shape index (κ1) is 13.3. The summed E-state index contributed by atoms with van der Waals surface area (Å²) in [7, 11) is 0. The van der Waals surface area contributed by atoms with Gasteiger partial charge in [0.15, 0.2) is 0 Å². The van der Waals surface area contributed by atoms with Crippen molar-refractivity contribution < 1.29 is 0 Å². The van der Waals surface area contributed by atoms with Gasteiger partial charge < -0.3 is 10.6 Å². The van der Waals surface area contributed by atoms with E-state index in [2.05, 4.69) is 23.6 Å². The van der Waals surface area contributed by atoms with Gasteiger partial charge >= 0.3 is 0 Å². The van der Waals surface area contributed by atoms with E-state index in [9.17, 15) is 0 Å². The molecule has 0 aromatic carbocycles. The van der Waals surface area contributed by atoms with Gasteiger partial charge in [-0.2, -0.15) is 0 Å². The third-order valence-electron chi connectivity index (χ3n) is 4.58. The normalized spacial score (nSPS) is 27.9. The van der Waals surface area contributed by atoms with Crippen molar-refractivity contribution in [1.29, 1.82) is 0 Å². The Labute approximate surface area is 106 Å². The standard InChI is InChI=1S/C14H29N3/c1-3-17(4-2)13-7-9-16(11-13)10-8-14(15)12-5-6-12/h12-14H,3-11,15H2,1-2H3. The molecule has 0 spiro atoms. The number of hydrogen-bond acceptors (Lipinski definition) is 3. The highest BCUT2D eigenvalue weighted by Gasteiger charge is 2.30. The first-order valence-electron chi connectivity index (χ1n) is 7.46. The largest absolute Gasteiger partial charge is 0.327 e. The number of rotatable bonds is 7. The van der Waals surface area contributed by atoms with Crippen LogP contribution >= 0.6 is 0 Å². The summed E-state index contributed by atoms with van der Waals surface area (Å²) in [6, 6.07) is 1.27. The lowest BCUT2D eigenvalue weighted by Gasteiger charge is -2.26. The molecule has 3 nitrogen and oxygen atoms in total. The smallest absolute Gasteiger partial charge is 0.0235 e. The third-order valence-corrected chi connectivity index (χ3v) is 4.58. The van der Waals surface area contributed by atoms with Crippen molar-refractivity contribution >= 4 is 0 Å². The topological polar surface area (TPSA) is 32.5 Å². The van der Waals surface area contributed by atoms with Crippen molar-refractivity contribution in [3.8, 4) is 0 Å². The quantitative estimate of drug-likeness (QED) is 0.731. The van der Waals surface area contributed by atoms with Crippen molar-refractivity contribution in [1.82, 2.24) is 9.80 Å². The van der Waals surface area contributed by atoms with Crippen molar-refractivity contribution in [3.05, 3.63) is 0 Å². The lowest BCUT2D eigenvalue weighted by atomic mass is 10.1. The van der Waals surface area contributed by atoms with Crippen LogP contribution in [0.15, 0.2) is 0 Å². The Balaban J connectivity index is 1.66. The molecule has 0 aromatic rings. The third kappa shape index (κ3) is 3.67. The number of likely N-dealkylation sites (tertiary alicyclic amines) is 1. The van der Waals surface area contributed by atoms with Crippen molar-refractivity contribution in [2.24, 2.45) is 11.7 Å². The molecule has 2 atom stereocenters. The maximum absolute atomic E-state index is 6.17. The van der Waals surface area contributed by atoms with Gasteiger partial charge in [-0.25, -0.2) is 0 Å². The molecule has 0 radical (unpaired) electrons. The van der Waals surface area contributed by atoms with E-state index in [-0.39, 0.29) is 0 Å². The summed E-state index contributed by atoms with van der Waals surface area (Å²) in [6.45, 7) is 10.7. The number of hydrogen-bond donors (Lipinski definition) is 1. The molecule has 17 heavy (non-hydrogen) atoms. The summed E-state index contributed by atoms with van der Waals surface area (Å²) in [5, 5.41) is 0. The molecule has 3 heteroatoms. The molecule has 1 aliphatic heterocycles. The van der Waals surface area contributed by atoms with Gasteiger partial charge in [-0.1, -0.05) is 13.8 Å². The van der Waals surface area contributed by atoms with E-state index in [0.29, 0.717) is 6.04 Å². The maximum Gasteiger partial charge on any atom is 0.0235 e. The van der Waals surface area contributed by atoms with Crippen LogP contribution in [0.3, 0.4) is 0 Å². The van der Waals surface area contributed by atoms with Crippen LogP contribution in [0, 0.1) is 5.92 Å². The molecule has 1 heterocycles. The highest BCUT2D eigenvalue weighted by molar-refractivity contribution is 4.87. The van der Waals surface area contributed by atoms with Crippen molar-refractivity contribution in [2.75, 3.05) is 32.7 Å². The minimum absolute atomic E-state index is 0.475. The monoisotopic (exact) mass is 239 g/mol. The Morgan fingerprint density at radius 1 is 1.24 bits per heavy atom. The van der Waals surface area contributed by atoms with Crippen LogP contribution in [-0.4, -0.2) is 54.6 Å². The van der Waals surface area contributed by atoms with Gasteiger partial charge in [-0.3, -0.25) is 4.90 Å². The van der Waals surface area contributed by atoms with Gasteiger partial charge in [0.25, 0.3) is 0 Å². The van der Waals surface area contributed by atoms with Gasteiger partial charge in [0, 0.05) is 18.6 Å². The fourth-order valence-electron chi connectivity index (χ4n) is 3.15. The van der Waals surface area contributed by atoms with Gasteiger partial charge in [-0.05, 0) is 57.8 Å². The number of nitrogens with zero attached hydrogens (tertiary/aromatic N) is 2. The van der Waals surface area contributed by atoms with Crippen LogP contribution < -0.4 is 5.73 Å². The summed E-state index contributed by atoms with van der Waals surface area (Å²) in [5.74, 6) is 0.858. The zero-order chi connectivity index (χ0) is 12.3. The van der Waals surface area contributed by atoms with Gasteiger partial charge in [0.1, 0.15) is 0 Å². The predicted octanol–water partition coefficient (Wildman–Crippen LogP) is 1.53. The molecule has 0 bridgehead atoms. The van der Waals surface area contributed by atoms with Crippen LogP contribution in [0.2, 0.25) is 0 Å². The molecular formula is C14H29N3. The predicted molar refractivity (Wildman–Crippen MR) is 73.1 cm³/mol. The highest BCUT2D eigenvalue weighted by atomic mass is 15.2. The minimum atomic E-state index is 0.475. The molecule has 0 amide bonds. The van der Waals surface area contributed by atoms with Crippen LogP contribution in [0.25, 0.3) is 0 Å². The summed E-state index contributed by atoms with van der Waals surface area (Å²) >= 11 is 0. The van der Waals surface area contributed by atoms with Gasteiger partial charge in [0.2, 0.25) is 0 Å². The first-order chi connectivity index (χ1) is 8.24. The Kier molecular flexibility index (Phi) is 4.83. The van der Waals surface area contributed by atoms with E-state index in [4.69, 9.17) is 5.73 Å². The zero-order valence-corrected chi connectivity index (χ0v) is 11.6. The van der Waals surface area contributed by atoms with E-state index in [1.165, 1.54) is 58.4 Å². The summed E-state index contributed by atoms with van der Waals surface area (Å²) in [6.07, 6.45) is 5.31. The Hall–Kier alpha value is -0.120. The molecule has 2 N–H and O–H groups in total. The second kappa shape index (κ2) is 6.17. The van der Waals surface area contributed by atoms with Crippen LogP contribution in [0.1, 0.15) is 39.5 Å². The van der Waals surface area contributed by atoms with E-state index in [1.807, 2.05) is 0 Å². The second-order valence-electron chi connectivity index (χ2n) is 5.75. The lowest BCUT2D eigenvalue weighted by molar-refractivity contribution is 0.208. The number of nitrogens with two attached hydrogens (primary N) is 1. The minimum Gasteiger partial charge on any atom is -0.327 e. The fourth-order valence-corrected chi connectivity index (χ4v) is 3.15.